The van der Waals surface area contributed by atoms with Gasteiger partial charge in [0.05, 0.1) is 19.8 Å². The van der Waals surface area contributed by atoms with Crippen molar-refractivity contribution in [2.75, 3.05) is 44.1 Å². The maximum atomic E-state index is 6.61. The van der Waals surface area contributed by atoms with E-state index in [2.05, 4.69) is 20.8 Å². The highest BCUT2D eigenvalue weighted by Gasteiger charge is 2.28. The second-order valence-electron chi connectivity index (χ2n) is 6.38. The summed E-state index contributed by atoms with van der Waals surface area (Å²) in [6, 6.07) is 5.32. The van der Waals surface area contributed by atoms with Crippen LogP contribution in [0, 0.1) is 19.3 Å². The number of aryl methyl sites for hydroxylation is 1. The Kier molecular flexibility index (Phi) is 6.45. The third-order valence-corrected chi connectivity index (χ3v) is 4.77. The molecule has 1 aromatic carbocycles. The summed E-state index contributed by atoms with van der Waals surface area (Å²) in [5.41, 5.74) is 7.52. The number of benzene rings is 1. The van der Waals surface area contributed by atoms with Crippen molar-refractivity contribution in [2.45, 2.75) is 19.4 Å². The highest BCUT2D eigenvalue weighted by Crippen LogP contribution is 2.39. The van der Waals surface area contributed by atoms with Crippen LogP contribution in [-0.4, -0.2) is 43.4 Å². The van der Waals surface area contributed by atoms with Gasteiger partial charge in [0, 0.05) is 36.0 Å². The van der Waals surface area contributed by atoms with Gasteiger partial charge in [0.25, 0.3) is 0 Å². The first kappa shape index (κ1) is 20.1. The Morgan fingerprint density at radius 3 is 2.89 bits per heavy atom. The van der Waals surface area contributed by atoms with Gasteiger partial charge in [-0.3, -0.25) is 0 Å². The lowest BCUT2D eigenvalue weighted by Crippen LogP contribution is -2.32. The monoisotopic (exact) mass is 402 g/mol. The molecule has 1 fully saturated rings. The molecule has 2 N–H and O–H groups in total. The summed E-state index contributed by atoms with van der Waals surface area (Å²) in [7, 11) is 1.57. The van der Waals surface area contributed by atoms with E-state index in [1.54, 1.807) is 13.2 Å². The number of hydrogen-bond acceptors (Lipinski definition) is 7. The van der Waals surface area contributed by atoms with Gasteiger partial charge in [-0.15, -0.1) is 6.42 Å². The van der Waals surface area contributed by atoms with E-state index in [9.17, 15) is 0 Å². The van der Waals surface area contributed by atoms with Gasteiger partial charge < -0.3 is 24.8 Å². The van der Waals surface area contributed by atoms with Crippen molar-refractivity contribution in [2.24, 2.45) is 0 Å². The minimum atomic E-state index is -0.167. The largest absolute Gasteiger partial charge is 0.493 e. The van der Waals surface area contributed by atoms with Crippen LogP contribution in [0.2, 0.25) is 5.02 Å². The molecule has 1 aliphatic rings. The van der Waals surface area contributed by atoms with E-state index < -0.39 is 0 Å². The lowest BCUT2D eigenvalue weighted by atomic mass is 10.0. The lowest BCUT2D eigenvalue weighted by molar-refractivity contribution is 0.134. The van der Waals surface area contributed by atoms with Crippen molar-refractivity contribution in [3.8, 4) is 23.8 Å². The summed E-state index contributed by atoms with van der Waals surface area (Å²) in [4.78, 5) is 10.7. The molecule has 0 unspecified atom stereocenters. The van der Waals surface area contributed by atoms with E-state index >= 15 is 0 Å². The van der Waals surface area contributed by atoms with Gasteiger partial charge in [0.1, 0.15) is 12.4 Å². The Morgan fingerprint density at radius 1 is 1.36 bits per heavy atom. The minimum absolute atomic E-state index is 0.129. The molecule has 2 aromatic rings. The molecular weight excluding hydrogens is 380 g/mol. The molecule has 0 spiro atoms. The van der Waals surface area contributed by atoms with Crippen molar-refractivity contribution >= 4 is 23.4 Å². The fraction of sp³-hybridized carbons (Fsp3) is 0.400. The highest BCUT2D eigenvalue weighted by molar-refractivity contribution is 6.31. The van der Waals surface area contributed by atoms with Crippen LogP contribution in [0.4, 0.5) is 11.8 Å². The predicted molar refractivity (Wildman–Crippen MR) is 109 cm³/mol. The molecule has 8 heteroatoms. The molecule has 1 aliphatic heterocycles. The molecule has 28 heavy (non-hydrogen) atoms. The Labute approximate surface area is 169 Å². The van der Waals surface area contributed by atoms with Gasteiger partial charge in [0.2, 0.25) is 5.95 Å². The van der Waals surface area contributed by atoms with Crippen molar-refractivity contribution < 1.29 is 14.2 Å². The van der Waals surface area contributed by atoms with E-state index in [0.29, 0.717) is 29.7 Å². The third-order valence-electron chi connectivity index (χ3n) is 4.44. The maximum Gasteiger partial charge on any atom is 0.222 e. The van der Waals surface area contributed by atoms with Gasteiger partial charge >= 0.3 is 0 Å². The number of terminal acetylenes is 1. The molecule has 7 nitrogen and oxygen atoms in total. The summed E-state index contributed by atoms with van der Waals surface area (Å²) in [6.07, 6.45) is 6.14. The average Bonchev–Trinajstić information content (AvgIpc) is 2.91. The molecule has 0 radical (unpaired) electrons. The maximum absolute atomic E-state index is 6.61. The van der Waals surface area contributed by atoms with Gasteiger partial charge in [-0.1, -0.05) is 17.5 Å². The number of nitrogens with zero attached hydrogens (tertiary/aromatic N) is 3. The van der Waals surface area contributed by atoms with Gasteiger partial charge in [0.15, 0.2) is 11.5 Å². The van der Waals surface area contributed by atoms with Gasteiger partial charge in [-0.25, -0.2) is 4.98 Å². The first-order chi connectivity index (χ1) is 13.5. The van der Waals surface area contributed by atoms with Gasteiger partial charge in [-0.05, 0) is 25.0 Å². The topological polar surface area (TPSA) is 82.7 Å². The van der Waals surface area contributed by atoms with Crippen molar-refractivity contribution in [1.82, 2.24) is 9.97 Å². The number of methoxy groups -OCH3 is 1. The number of aromatic nitrogens is 2. The Balaban J connectivity index is 2.03. The average molecular weight is 403 g/mol. The zero-order valence-electron chi connectivity index (χ0n) is 15.9. The summed E-state index contributed by atoms with van der Waals surface area (Å²) in [6.45, 7) is 3.87. The van der Waals surface area contributed by atoms with Crippen LogP contribution in [0.25, 0.3) is 0 Å². The number of anilines is 2. The van der Waals surface area contributed by atoms with Crippen LogP contribution in [-0.2, 0) is 4.74 Å². The van der Waals surface area contributed by atoms with Crippen LogP contribution >= 0.6 is 11.6 Å². The Hall–Kier alpha value is -2.69. The summed E-state index contributed by atoms with van der Waals surface area (Å²) < 4.78 is 16.8. The summed E-state index contributed by atoms with van der Waals surface area (Å²) >= 11 is 6.61. The molecule has 148 valence electrons. The lowest BCUT2D eigenvalue weighted by Gasteiger charge is -2.32. The molecule has 3 rings (SSSR count). The molecule has 0 aliphatic carbocycles. The van der Waals surface area contributed by atoms with Gasteiger partial charge in [-0.2, -0.15) is 4.98 Å². The fourth-order valence-electron chi connectivity index (χ4n) is 3.23. The quantitative estimate of drug-likeness (QED) is 0.769. The Morgan fingerprint density at radius 2 is 2.18 bits per heavy atom. The van der Waals surface area contributed by atoms with Crippen LogP contribution in [0.1, 0.15) is 23.7 Å². The summed E-state index contributed by atoms with van der Waals surface area (Å²) in [5, 5.41) is 0.534. The SMILES string of the molecule is C#CCOc1cc(Cl)c([C@@H]2COCCCN2c2cc(C)nc(N)n2)cc1OC. The Bertz CT molecular complexity index is 864. The first-order valence-corrected chi connectivity index (χ1v) is 9.30. The molecule has 2 heterocycles. The van der Waals surface area contributed by atoms with Crippen LogP contribution in [0.3, 0.4) is 0 Å². The van der Waals surface area contributed by atoms with E-state index in [0.717, 1.165) is 30.0 Å². The second kappa shape index (κ2) is 9.00. The van der Waals surface area contributed by atoms with E-state index in [1.165, 1.54) is 0 Å². The molecule has 1 atom stereocenters. The van der Waals surface area contributed by atoms with Crippen molar-refractivity contribution in [3.05, 3.63) is 34.5 Å². The fourth-order valence-corrected chi connectivity index (χ4v) is 3.51. The normalized spacial score (nSPS) is 16.9. The number of rotatable bonds is 5. The molecule has 0 amide bonds. The predicted octanol–water partition coefficient (Wildman–Crippen LogP) is 3.01. The van der Waals surface area contributed by atoms with Crippen LogP contribution < -0.4 is 20.1 Å². The molecule has 1 saturated heterocycles. The number of ether oxygens (including phenoxy) is 3. The highest BCUT2D eigenvalue weighted by atomic mass is 35.5. The second-order valence-corrected chi connectivity index (χ2v) is 6.79. The molecule has 1 aromatic heterocycles. The number of hydrogen-bond donors (Lipinski definition) is 1. The minimum Gasteiger partial charge on any atom is -0.493 e. The standard InChI is InChI=1S/C20H23ClN4O3/c1-4-7-28-18-11-15(21)14(10-17(18)26-3)16-12-27-8-5-6-25(16)19-9-13(2)23-20(22)24-19/h1,9-11,16H,5-8,12H2,2-3H3,(H2,22,23,24)/t16-/m0/s1. The molecule has 0 saturated carbocycles. The third kappa shape index (κ3) is 4.41. The first-order valence-electron chi connectivity index (χ1n) is 8.92. The zero-order valence-corrected chi connectivity index (χ0v) is 16.7. The molecular formula is C20H23ClN4O3. The van der Waals surface area contributed by atoms with E-state index in [-0.39, 0.29) is 18.6 Å². The van der Waals surface area contributed by atoms with Crippen LogP contribution in [0.15, 0.2) is 18.2 Å². The smallest absolute Gasteiger partial charge is 0.222 e. The van der Waals surface area contributed by atoms with E-state index in [4.69, 9.17) is 38.0 Å². The van der Waals surface area contributed by atoms with Crippen molar-refractivity contribution in [3.63, 3.8) is 0 Å². The zero-order chi connectivity index (χ0) is 20.1. The van der Waals surface area contributed by atoms with E-state index in [1.807, 2.05) is 19.1 Å². The van der Waals surface area contributed by atoms with Crippen molar-refractivity contribution in [1.29, 1.82) is 0 Å². The van der Waals surface area contributed by atoms with Crippen LogP contribution in [0.5, 0.6) is 11.5 Å². The number of nitrogens with two attached hydrogens (primary N) is 1. The number of halogens is 1. The number of nitrogen functional groups attached to an aromatic ring is 1. The molecule has 0 bridgehead atoms. The summed E-state index contributed by atoms with van der Waals surface area (Å²) in [5.74, 6) is 4.46.